The van der Waals surface area contributed by atoms with E-state index in [-0.39, 0.29) is 0 Å². The molecular formula is C12H13NO3S. The molecule has 0 aliphatic heterocycles. The molecule has 0 aliphatic rings. The lowest BCUT2D eigenvalue weighted by molar-refractivity contribution is -0.136. The van der Waals surface area contributed by atoms with E-state index >= 15 is 0 Å². The Labute approximate surface area is 104 Å². The SMILES string of the molecule is COc1ccc(C#N)cc1CSC(C)C(=O)O. The average Bonchev–Trinajstić information content (AvgIpc) is 2.35. The van der Waals surface area contributed by atoms with Gasteiger partial charge in [0.05, 0.1) is 24.0 Å². The number of hydrogen-bond donors (Lipinski definition) is 1. The highest BCUT2D eigenvalue weighted by Crippen LogP contribution is 2.26. The van der Waals surface area contributed by atoms with Crippen molar-refractivity contribution in [2.75, 3.05) is 7.11 Å². The van der Waals surface area contributed by atoms with Gasteiger partial charge in [0.1, 0.15) is 5.75 Å². The van der Waals surface area contributed by atoms with Crippen LogP contribution in [0.3, 0.4) is 0 Å². The molecule has 1 unspecified atom stereocenters. The Hall–Kier alpha value is -1.67. The number of thioether (sulfide) groups is 1. The fourth-order valence-corrected chi connectivity index (χ4v) is 2.04. The summed E-state index contributed by atoms with van der Waals surface area (Å²) in [4.78, 5) is 10.7. The third-order valence-electron chi connectivity index (χ3n) is 2.25. The molecule has 4 nitrogen and oxygen atoms in total. The molecule has 5 heteroatoms. The zero-order chi connectivity index (χ0) is 12.8. The minimum absolute atomic E-state index is 0.481. The Morgan fingerprint density at radius 1 is 1.65 bits per heavy atom. The topological polar surface area (TPSA) is 70.3 Å². The van der Waals surface area contributed by atoms with Crippen molar-refractivity contribution >= 4 is 17.7 Å². The van der Waals surface area contributed by atoms with Crippen LogP contribution in [0.5, 0.6) is 5.75 Å². The molecule has 0 saturated carbocycles. The predicted octanol–water partition coefficient (Wildman–Crippen LogP) is 2.27. The highest BCUT2D eigenvalue weighted by molar-refractivity contribution is 7.99. The number of benzene rings is 1. The van der Waals surface area contributed by atoms with Crippen LogP contribution in [0.1, 0.15) is 18.1 Å². The number of nitrogens with zero attached hydrogens (tertiary/aromatic N) is 1. The monoisotopic (exact) mass is 251 g/mol. The smallest absolute Gasteiger partial charge is 0.316 e. The summed E-state index contributed by atoms with van der Waals surface area (Å²) in [7, 11) is 1.55. The van der Waals surface area contributed by atoms with Gasteiger partial charge in [0.15, 0.2) is 0 Å². The molecule has 0 aromatic heterocycles. The van der Waals surface area contributed by atoms with Crippen LogP contribution in [-0.2, 0) is 10.5 Å². The largest absolute Gasteiger partial charge is 0.496 e. The number of carboxylic acid groups (broad SMARTS) is 1. The van der Waals surface area contributed by atoms with Gasteiger partial charge in [-0.05, 0) is 25.1 Å². The van der Waals surface area contributed by atoms with Crippen molar-refractivity contribution in [1.82, 2.24) is 0 Å². The Morgan fingerprint density at radius 3 is 2.88 bits per heavy atom. The normalized spacial score (nSPS) is 11.6. The Bertz CT molecular complexity index is 454. The molecule has 90 valence electrons. The second-order valence-corrected chi connectivity index (χ2v) is 4.76. The van der Waals surface area contributed by atoms with Crippen molar-refractivity contribution in [3.05, 3.63) is 29.3 Å². The van der Waals surface area contributed by atoms with Gasteiger partial charge in [-0.2, -0.15) is 5.26 Å². The maximum atomic E-state index is 10.7. The van der Waals surface area contributed by atoms with E-state index < -0.39 is 11.2 Å². The van der Waals surface area contributed by atoms with Crippen LogP contribution in [0.4, 0.5) is 0 Å². The van der Waals surface area contributed by atoms with Gasteiger partial charge in [-0.25, -0.2) is 0 Å². The fourth-order valence-electron chi connectivity index (χ4n) is 1.25. The standard InChI is InChI=1S/C12H13NO3S/c1-8(12(14)15)17-7-10-5-9(6-13)3-4-11(10)16-2/h3-5,8H,7H2,1-2H3,(H,14,15). The molecular weight excluding hydrogens is 238 g/mol. The minimum Gasteiger partial charge on any atom is -0.496 e. The van der Waals surface area contributed by atoms with Gasteiger partial charge < -0.3 is 9.84 Å². The van der Waals surface area contributed by atoms with Crippen molar-refractivity contribution in [2.45, 2.75) is 17.9 Å². The van der Waals surface area contributed by atoms with Gasteiger partial charge in [0, 0.05) is 11.3 Å². The van der Waals surface area contributed by atoms with Crippen LogP contribution in [-0.4, -0.2) is 23.4 Å². The van der Waals surface area contributed by atoms with Gasteiger partial charge >= 0.3 is 5.97 Å². The van der Waals surface area contributed by atoms with Gasteiger partial charge in [-0.1, -0.05) is 0 Å². The van der Waals surface area contributed by atoms with E-state index in [9.17, 15) is 4.79 Å². The molecule has 0 bridgehead atoms. The molecule has 0 aliphatic carbocycles. The van der Waals surface area contributed by atoms with Crippen molar-refractivity contribution in [3.63, 3.8) is 0 Å². The molecule has 1 N–H and O–H groups in total. The molecule has 0 heterocycles. The summed E-state index contributed by atoms with van der Waals surface area (Å²) in [6.07, 6.45) is 0. The molecule has 1 rings (SSSR count). The summed E-state index contributed by atoms with van der Waals surface area (Å²) in [5.41, 5.74) is 1.38. The maximum Gasteiger partial charge on any atom is 0.316 e. The third-order valence-corrected chi connectivity index (χ3v) is 3.43. The van der Waals surface area contributed by atoms with E-state index in [4.69, 9.17) is 15.1 Å². The number of methoxy groups -OCH3 is 1. The van der Waals surface area contributed by atoms with E-state index in [0.29, 0.717) is 17.1 Å². The van der Waals surface area contributed by atoms with Crippen LogP contribution in [0, 0.1) is 11.3 Å². The molecule has 0 radical (unpaired) electrons. The lowest BCUT2D eigenvalue weighted by Crippen LogP contribution is -2.11. The molecule has 1 aromatic carbocycles. The number of hydrogen-bond acceptors (Lipinski definition) is 4. The van der Waals surface area contributed by atoms with Crippen LogP contribution >= 0.6 is 11.8 Å². The van der Waals surface area contributed by atoms with E-state index in [1.54, 1.807) is 32.2 Å². The summed E-state index contributed by atoms with van der Waals surface area (Å²) in [6, 6.07) is 7.17. The predicted molar refractivity (Wildman–Crippen MR) is 66.1 cm³/mol. The molecule has 0 spiro atoms. The molecule has 1 atom stereocenters. The van der Waals surface area contributed by atoms with Gasteiger partial charge in [0.2, 0.25) is 0 Å². The zero-order valence-corrected chi connectivity index (χ0v) is 10.5. The molecule has 0 saturated heterocycles. The molecule has 17 heavy (non-hydrogen) atoms. The number of rotatable bonds is 5. The summed E-state index contributed by atoms with van der Waals surface area (Å²) in [6.45, 7) is 1.63. The molecule has 0 amide bonds. The van der Waals surface area contributed by atoms with Crippen LogP contribution in [0.25, 0.3) is 0 Å². The number of nitriles is 1. The third kappa shape index (κ3) is 3.68. The number of carboxylic acids is 1. The second kappa shape index (κ2) is 6.16. The first-order valence-electron chi connectivity index (χ1n) is 5.00. The van der Waals surface area contributed by atoms with Crippen LogP contribution in [0.2, 0.25) is 0 Å². The lowest BCUT2D eigenvalue weighted by atomic mass is 10.1. The van der Waals surface area contributed by atoms with E-state index in [2.05, 4.69) is 0 Å². The number of carbonyl (C=O) groups is 1. The summed E-state index contributed by atoms with van der Waals surface area (Å²) >= 11 is 1.30. The second-order valence-electron chi connectivity index (χ2n) is 3.43. The van der Waals surface area contributed by atoms with E-state index in [0.717, 1.165) is 5.56 Å². The maximum absolute atomic E-state index is 10.7. The highest BCUT2D eigenvalue weighted by atomic mass is 32.2. The first kappa shape index (κ1) is 13.4. The van der Waals surface area contributed by atoms with Crippen LogP contribution < -0.4 is 4.74 Å². The lowest BCUT2D eigenvalue weighted by Gasteiger charge is -2.10. The number of ether oxygens (including phenoxy) is 1. The van der Waals surface area contributed by atoms with Crippen molar-refractivity contribution in [1.29, 1.82) is 5.26 Å². The minimum atomic E-state index is -0.842. The Morgan fingerprint density at radius 2 is 2.35 bits per heavy atom. The zero-order valence-electron chi connectivity index (χ0n) is 9.64. The van der Waals surface area contributed by atoms with Crippen molar-refractivity contribution < 1.29 is 14.6 Å². The average molecular weight is 251 g/mol. The fraction of sp³-hybridized carbons (Fsp3) is 0.333. The molecule has 0 fully saturated rings. The Balaban J connectivity index is 2.82. The van der Waals surface area contributed by atoms with E-state index in [1.165, 1.54) is 11.8 Å². The Kier molecular flexibility index (Phi) is 4.85. The van der Waals surface area contributed by atoms with Crippen molar-refractivity contribution in [2.24, 2.45) is 0 Å². The summed E-state index contributed by atoms with van der Waals surface area (Å²) in [5.74, 6) is 0.339. The van der Waals surface area contributed by atoms with E-state index in [1.807, 2.05) is 6.07 Å². The van der Waals surface area contributed by atoms with Crippen LogP contribution in [0.15, 0.2) is 18.2 Å². The van der Waals surface area contributed by atoms with Crippen molar-refractivity contribution in [3.8, 4) is 11.8 Å². The number of aliphatic carboxylic acids is 1. The quantitative estimate of drug-likeness (QED) is 0.869. The van der Waals surface area contributed by atoms with Gasteiger partial charge in [0.25, 0.3) is 0 Å². The first-order chi connectivity index (χ1) is 8.08. The summed E-state index contributed by atoms with van der Waals surface area (Å²) < 4.78 is 5.17. The van der Waals surface area contributed by atoms with Gasteiger partial charge in [-0.3, -0.25) is 4.79 Å². The first-order valence-corrected chi connectivity index (χ1v) is 6.04. The summed E-state index contributed by atoms with van der Waals surface area (Å²) in [5, 5.41) is 17.1. The van der Waals surface area contributed by atoms with Gasteiger partial charge in [-0.15, -0.1) is 11.8 Å². The molecule has 1 aromatic rings. The highest BCUT2D eigenvalue weighted by Gasteiger charge is 2.13.